The molecule has 0 bridgehead atoms. The highest BCUT2D eigenvalue weighted by Crippen LogP contribution is 2.30. The van der Waals surface area contributed by atoms with Crippen LogP contribution in [0.15, 0.2) is 36.1 Å². The fourth-order valence-corrected chi connectivity index (χ4v) is 4.48. The molecule has 0 saturated carbocycles. The van der Waals surface area contributed by atoms with Gasteiger partial charge in [0.2, 0.25) is 11.8 Å². The first kappa shape index (κ1) is 34.6. The van der Waals surface area contributed by atoms with E-state index in [-0.39, 0.29) is 23.8 Å². The van der Waals surface area contributed by atoms with Crippen LogP contribution >= 0.6 is 0 Å². The van der Waals surface area contributed by atoms with E-state index in [9.17, 15) is 22.8 Å². The van der Waals surface area contributed by atoms with E-state index in [0.717, 1.165) is 60.8 Å². The minimum atomic E-state index is -4.36. The molecule has 224 valence electrons. The number of allylic oxidation sites excluding steroid dienone is 4. The fourth-order valence-electron chi connectivity index (χ4n) is 4.48. The van der Waals surface area contributed by atoms with E-state index in [0.29, 0.717) is 24.4 Å². The van der Waals surface area contributed by atoms with Gasteiger partial charge in [-0.2, -0.15) is 18.3 Å². The van der Waals surface area contributed by atoms with Gasteiger partial charge in [0.05, 0.1) is 24.2 Å². The number of halogens is 3. The van der Waals surface area contributed by atoms with Crippen molar-refractivity contribution in [1.29, 1.82) is 0 Å². The van der Waals surface area contributed by atoms with Crippen molar-refractivity contribution < 1.29 is 27.6 Å². The Morgan fingerprint density at radius 3 is 2.33 bits per heavy atom. The maximum absolute atomic E-state index is 12.5. The lowest BCUT2D eigenvalue weighted by Gasteiger charge is -2.38. The van der Waals surface area contributed by atoms with Crippen LogP contribution in [0.5, 0.6) is 0 Å². The van der Waals surface area contributed by atoms with Gasteiger partial charge in [0.25, 0.3) is 0 Å². The summed E-state index contributed by atoms with van der Waals surface area (Å²) in [6, 6.07) is 0.983. The summed E-state index contributed by atoms with van der Waals surface area (Å²) in [4.78, 5) is 35.6. The van der Waals surface area contributed by atoms with E-state index < -0.39 is 11.9 Å². The van der Waals surface area contributed by atoms with E-state index >= 15 is 0 Å². The second-order valence-electron chi connectivity index (χ2n) is 10.1. The third kappa shape index (κ3) is 10.3. The van der Waals surface area contributed by atoms with Gasteiger partial charge in [-0.15, -0.1) is 0 Å². The number of hydrogen-bond donors (Lipinski definition) is 2. The van der Waals surface area contributed by atoms with Gasteiger partial charge in [-0.1, -0.05) is 24.3 Å². The summed E-state index contributed by atoms with van der Waals surface area (Å²) in [6.45, 7) is 14.5. The predicted octanol–water partition coefficient (Wildman–Crippen LogP) is 3.53. The van der Waals surface area contributed by atoms with Gasteiger partial charge in [0, 0.05) is 32.4 Å². The van der Waals surface area contributed by atoms with E-state index in [4.69, 9.17) is 10.5 Å². The number of nitrogens with zero attached hydrogens (tertiary/aromatic N) is 4. The fraction of sp³-hybridized carbons (Fsp3) is 0.571. The predicted molar refractivity (Wildman–Crippen MR) is 150 cm³/mol. The number of aryl methyl sites for hydroxylation is 1. The first-order valence-electron chi connectivity index (χ1n) is 13.1. The first-order valence-corrected chi connectivity index (χ1v) is 13.1. The van der Waals surface area contributed by atoms with Crippen LogP contribution < -0.4 is 11.1 Å². The Hall–Kier alpha value is -3.41. The highest BCUT2D eigenvalue weighted by atomic mass is 19.4. The summed E-state index contributed by atoms with van der Waals surface area (Å²) in [7, 11) is 3.11. The van der Waals surface area contributed by atoms with E-state index in [2.05, 4.69) is 21.9 Å². The second-order valence-corrected chi connectivity index (χ2v) is 10.1. The number of carbonyl (C=O) groups is 3. The van der Waals surface area contributed by atoms with Gasteiger partial charge in [0.15, 0.2) is 0 Å². The highest BCUT2D eigenvalue weighted by molar-refractivity contribution is 5.82. The van der Waals surface area contributed by atoms with E-state index in [1.165, 1.54) is 7.05 Å². The molecule has 2 fully saturated rings. The number of nitrogens with two attached hydrogens (primary N) is 1. The van der Waals surface area contributed by atoms with Crippen LogP contribution in [0.3, 0.4) is 0 Å². The van der Waals surface area contributed by atoms with Crippen molar-refractivity contribution in [1.82, 2.24) is 24.9 Å². The molecule has 9 nitrogen and oxygen atoms in total. The minimum absolute atomic E-state index is 0.0775. The number of amides is 2. The molecular weight excluding hydrogens is 525 g/mol. The topological polar surface area (TPSA) is 114 Å². The minimum Gasteiger partial charge on any atom is -0.373 e. The molecule has 1 aromatic heterocycles. The standard InChI is InChI=1S/C15H26N4O2.C12H15F3N2.CH2O/c1-11(18-7-3-5-12(10-18)14(16)20)9-19-8-4-6-13(17-2)15(19)21;1-8(2)5-6-9(3)10-7-11(12(13,14)15)17(4)16-10;1-2/h12-13,17H,1,3-10H2,2H3,(H2,16,20);5-7H,1-4H3;1H2/b;9-6+;/t12?,13-;;/m0../s1. The Kier molecular flexibility index (Phi) is 13.8. The summed E-state index contributed by atoms with van der Waals surface area (Å²) in [5.74, 6) is -0.192. The molecule has 3 rings (SSSR count). The van der Waals surface area contributed by atoms with Crippen LogP contribution in [0.25, 0.3) is 5.57 Å². The molecule has 2 amide bonds. The lowest BCUT2D eigenvalue weighted by Crippen LogP contribution is -2.51. The van der Waals surface area contributed by atoms with Crippen molar-refractivity contribution in [2.24, 2.45) is 18.7 Å². The zero-order valence-electron chi connectivity index (χ0n) is 24.2. The molecule has 3 N–H and O–H groups in total. The van der Waals surface area contributed by atoms with Crippen molar-refractivity contribution in [3.63, 3.8) is 0 Å². The summed E-state index contributed by atoms with van der Waals surface area (Å²) in [6.07, 6.45) is 2.94. The normalized spacial score (nSPS) is 19.6. The number of aromatic nitrogens is 2. The Bertz CT molecular complexity index is 1080. The maximum Gasteiger partial charge on any atom is 0.433 e. The number of carbonyl (C=O) groups excluding carboxylic acids is 3. The van der Waals surface area contributed by atoms with Crippen LogP contribution in [-0.2, 0) is 27.6 Å². The third-order valence-electron chi connectivity index (χ3n) is 6.76. The third-order valence-corrected chi connectivity index (χ3v) is 6.76. The number of primary amides is 1. The van der Waals surface area contributed by atoms with E-state index in [1.54, 1.807) is 13.0 Å². The van der Waals surface area contributed by atoms with Gasteiger partial charge < -0.3 is 25.6 Å². The molecule has 0 aliphatic carbocycles. The van der Waals surface area contributed by atoms with Crippen molar-refractivity contribution in [2.45, 2.75) is 58.7 Å². The first-order chi connectivity index (χ1) is 18.7. The molecule has 12 heteroatoms. The number of piperidine rings is 2. The lowest BCUT2D eigenvalue weighted by atomic mass is 9.97. The molecule has 0 radical (unpaired) electrons. The van der Waals surface area contributed by atoms with Gasteiger partial charge >= 0.3 is 6.18 Å². The van der Waals surface area contributed by atoms with Crippen molar-refractivity contribution in [3.05, 3.63) is 47.5 Å². The number of hydrogen-bond acceptors (Lipinski definition) is 6. The van der Waals surface area contributed by atoms with Gasteiger partial charge in [0.1, 0.15) is 12.5 Å². The highest BCUT2D eigenvalue weighted by Gasteiger charge is 2.35. The Labute approximate surface area is 234 Å². The molecule has 1 unspecified atom stereocenters. The zero-order chi connectivity index (χ0) is 30.6. The molecular formula is C28H43F3N6O3. The number of alkyl halides is 3. The van der Waals surface area contributed by atoms with Crippen LogP contribution in [0, 0.1) is 5.92 Å². The maximum atomic E-state index is 12.5. The molecule has 0 aromatic carbocycles. The molecule has 2 aliphatic heterocycles. The number of likely N-dealkylation sites (tertiary alicyclic amines) is 2. The van der Waals surface area contributed by atoms with E-state index in [1.807, 2.05) is 38.7 Å². The van der Waals surface area contributed by atoms with Crippen LogP contribution in [0.2, 0.25) is 0 Å². The van der Waals surface area contributed by atoms with Crippen molar-refractivity contribution in [3.8, 4) is 0 Å². The summed E-state index contributed by atoms with van der Waals surface area (Å²) in [5.41, 5.74) is 7.70. The SMILES string of the molecule is C=C(CN1CCC[C@H](NC)C1=O)N1CCCC(C(N)=O)C1.C=O.CC(C)=C/C=C(\C)c1cc(C(F)(F)F)n(C)n1. The van der Waals surface area contributed by atoms with Crippen LogP contribution in [-0.4, -0.2) is 77.5 Å². The van der Waals surface area contributed by atoms with Gasteiger partial charge in [-0.05, 0) is 65.1 Å². The van der Waals surface area contributed by atoms with Crippen molar-refractivity contribution in [2.75, 3.05) is 33.2 Å². The molecule has 40 heavy (non-hydrogen) atoms. The van der Waals surface area contributed by atoms with Gasteiger partial charge in [-0.25, -0.2) is 0 Å². The quantitative estimate of drug-likeness (QED) is 0.487. The Balaban J connectivity index is 0.000000385. The smallest absolute Gasteiger partial charge is 0.373 e. The monoisotopic (exact) mass is 568 g/mol. The molecule has 1 aromatic rings. The Morgan fingerprint density at radius 1 is 1.18 bits per heavy atom. The lowest BCUT2D eigenvalue weighted by molar-refractivity contribution is -0.143. The van der Waals surface area contributed by atoms with Crippen LogP contribution in [0.4, 0.5) is 13.2 Å². The molecule has 3 heterocycles. The zero-order valence-corrected chi connectivity index (χ0v) is 24.2. The largest absolute Gasteiger partial charge is 0.433 e. The van der Waals surface area contributed by atoms with Gasteiger partial charge in [-0.3, -0.25) is 14.3 Å². The number of likely N-dealkylation sites (N-methyl/N-ethyl adjacent to an activating group) is 1. The number of nitrogens with one attached hydrogen (secondary N) is 1. The summed E-state index contributed by atoms with van der Waals surface area (Å²) < 4.78 is 38.5. The Morgan fingerprint density at radius 2 is 1.80 bits per heavy atom. The molecule has 2 saturated heterocycles. The van der Waals surface area contributed by atoms with Crippen LogP contribution in [0.1, 0.15) is 57.8 Å². The molecule has 2 atom stereocenters. The summed E-state index contributed by atoms with van der Waals surface area (Å²) >= 11 is 0. The average Bonchev–Trinajstić information content (AvgIpc) is 3.32. The number of rotatable bonds is 7. The van der Waals surface area contributed by atoms with Crippen molar-refractivity contribution >= 4 is 24.2 Å². The second kappa shape index (κ2) is 16.0. The summed E-state index contributed by atoms with van der Waals surface area (Å²) in [5, 5.41) is 6.92. The molecule has 0 spiro atoms. The average molecular weight is 569 g/mol. The molecule has 2 aliphatic rings.